The van der Waals surface area contributed by atoms with Crippen molar-refractivity contribution in [3.63, 3.8) is 0 Å². The third-order valence-electron chi connectivity index (χ3n) is 3.64. The SMILES string of the molecule is CNCC(Cc1ccc(OC)cc1)Cc1ccccc1F. The second-order valence-electron chi connectivity index (χ2n) is 5.27. The molecule has 0 amide bonds. The zero-order chi connectivity index (χ0) is 15.1. The number of hydrogen-bond donors (Lipinski definition) is 1. The van der Waals surface area contributed by atoms with E-state index >= 15 is 0 Å². The number of nitrogens with one attached hydrogen (secondary N) is 1. The fourth-order valence-electron chi connectivity index (χ4n) is 2.58. The van der Waals surface area contributed by atoms with E-state index in [-0.39, 0.29) is 5.82 Å². The quantitative estimate of drug-likeness (QED) is 0.842. The Kier molecular flexibility index (Phi) is 5.76. The van der Waals surface area contributed by atoms with Crippen molar-refractivity contribution in [1.82, 2.24) is 5.32 Å². The highest BCUT2D eigenvalue weighted by Gasteiger charge is 2.12. The smallest absolute Gasteiger partial charge is 0.126 e. The van der Waals surface area contributed by atoms with Gasteiger partial charge in [-0.15, -0.1) is 0 Å². The van der Waals surface area contributed by atoms with Crippen molar-refractivity contribution >= 4 is 0 Å². The molecule has 0 spiro atoms. The predicted octanol–water partition coefficient (Wildman–Crippen LogP) is 3.46. The molecule has 0 aromatic heterocycles. The molecule has 0 bridgehead atoms. The van der Waals surface area contributed by atoms with Gasteiger partial charge in [-0.3, -0.25) is 0 Å². The lowest BCUT2D eigenvalue weighted by molar-refractivity contribution is 0.414. The van der Waals surface area contributed by atoms with Crippen molar-refractivity contribution in [2.24, 2.45) is 5.92 Å². The molecule has 2 nitrogen and oxygen atoms in total. The van der Waals surface area contributed by atoms with Crippen LogP contribution in [0.3, 0.4) is 0 Å². The van der Waals surface area contributed by atoms with Crippen molar-refractivity contribution in [3.05, 3.63) is 65.5 Å². The highest BCUT2D eigenvalue weighted by molar-refractivity contribution is 5.28. The Morgan fingerprint density at radius 3 is 2.38 bits per heavy atom. The van der Waals surface area contributed by atoms with Crippen molar-refractivity contribution in [3.8, 4) is 5.75 Å². The highest BCUT2D eigenvalue weighted by Crippen LogP contribution is 2.18. The van der Waals surface area contributed by atoms with Crippen molar-refractivity contribution in [2.75, 3.05) is 20.7 Å². The summed E-state index contributed by atoms with van der Waals surface area (Å²) < 4.78 is 19.0. The standard InChI is InChI=1S/C18H22FNO/c1-20-13-15(12-16-5-3-4-6-18(16)19)11-14-7-9-17(21-2)10-8-14/h3-10,15,20H,11-13H2,1-2H3. The molecule has 3 heteroatoms. The van der Waals surface area contributed by atoms with Crippen LogP contribution in [0, 0.1) is 11.7 Å². The molecule has 0 aliphatic carbocycles. The highest BCUT2D eigenvalue weighted by atomic mass is 19.1. The van der Waals surface area contributed by atoms with Crippen LogP contribution in [0.25, 0.3) is 0 Å². The maximum atomic E-state index is 13.8. The lowest BCUT2D eigenvalue weighted by Crippen LogP contribution is -2.23. The molecule has 1 atom stereocenters. The molecule has 1 unspecified atom stereocenters. The predicted molar refractivity (Wildman–Crippen MR) is 84.2 cm³/mol. The van der Waals surface area contributed by atoms with Gasteiger partial charge in [-0.05, 0) is 61.7 Å². The van der Waals surface area contributed by atoms with Crippen molar-refractivity contribution < 1.29 is 9.13 Å². The maximum absolute atomic E-state index is 13.8. The summed E-state index contributed by atoms with van der Waals surface area (Å²) in [4.78, 5) is 0. The van der Waals surface area contributed by atoms with Crippen LogP contribution in [0.5, 0.6) is 5.75 Å². The lowest BCUT2D eigenvalue weighted by atomic mass is 9.92. The van der Waals surface area contributed by atoms with Gasteiger partial charge in [0.2, 0.25) is 0 Å². The summed E-state index contributed by atoms with van der Waals surface area (Å²) in [5.74, 6) is 1.10. The van der Waals surface area contributed by atoms with Gasteiger partial charge in [0.15, 0.2) is 0 Å². The van der Waals surface area contributed by atoms with Gasteiger partial charge < -0.3 is 10.1 Å². The summed E-state index contributed by atoms with van der Waals surface area (Å²) >= 11 is 0. The molecule has 2 aromatic rings. The topological polar surface area (TPSA) is 21.3 Å². The normalized spacial score (nSPS) is 12.1. The van der Waals surface area contributed by atoms with Crippen molar-refractivity contribution in [2.45, 2.75) is 12.8 Å². The summed E-state index contributed by atoms with van der Waals surface area (Å²) in [6, 6.07) is 15.1. The number of hydrogen-bond acceptors (Lipinski definition) is 2. The zero-order valence-electron chi connectivity index (χ0n) is 12.6. The molecule has 2 rings (SSSR count). The fraction of sp³-hybridized carbons (Fsp3) is 0.333. The summed E-state index contributed by atoms with van der Waals surface area (Å²) in [6.45, 7) is 0.861. The first-order valence-corrected chi connectivity index (χ1v) is 7.24. The van der Waals surface area contributed by atoms with Crippen LogP contribution in [0.15, 0.2) is 48.5 Å². The van der Waals surface area contributed by atoms with Crippen molar-refractivity contribution in [1.29, 1.82) is 0 Å². The Bertz CT molecular complexity index is 553. The van der Waals surface area contributed by atoms with Crippen LogP contribution in [-0.2, 0) is 12.8 Å². The Morgan fingerprint density at radius 2 is 1.76 bits per heavy atom. The van der Waals surface area contributed by atoms with Gasteiger partial charge in [-0.25, -0.2) is 4.39 Å². The van der Waals surface area contributed by atoms with Crippen LogP contribution in [-0.4, -0.2) is 20.7 Å². The summed E-state index contributed by atoms with van der Waals surface area (Å²) in [6.07, 6.45) is 1.65. The van der Waals surface area contributed by atoms with E-state index in [2.05, 4.69) is 17.4 Å². The van der Waals surface area contributed by atoms with Crippen LogP contribution >= 0.6 is 0 Å². The maximum Gasteiger partial charge on any atom is 0.126 e. The Balaban J connectivity index is 2.06. The van der Waals surface area contributed by atoms with E-state index in [1.807, 2.05) is 31.3 Å². The largest absolute Gasteiger partial charge is 0.497 e. The van der Waals surface area contributed by atoms with E-state index in [9.17, 15) is 4.39 Å². The minimum atomic E-state index is -0.117. The third kappa shape index (κ3) is 4.57. The van der Waals surface area contributed by atoms with E-state index < -0.39 is 0 Å². The summed E-state index contributed by atoms with van der Waals surface area (Å²) in [5, 5.41) is 3.20. The molecule has 0 fully saturated rings. The molecule has 0 aliphatic heterocycles. The lowest BCUT2D eigenvalue weighted by Gasteiger charge is -2.17. The zero-order valence-corrected chi connectivity index (χ0v) is 12.6. The fourth-order valence-corrected chi connectivity index (χ4v) is 2.58. The van der Waals surface area contributed by atoms with E-state index in [0.717, 1.165) is 30.7 Å². The first kappa shape index (κ1) is 15.5. The van der Waals surface area contributed by atoms with E-state index in [0.29, 0.717) is 5.92 Å². The Hall–Kier alpha value is -1.87. The molecule has 0 radical (unpaired) electrons. The number of methoxy groups -OCH3 is 1. The number of benzene rings is 2. The van der Waals surface area contributed by atoms with Crippen LogP contribution in [0.1, 0.15) is 11.1 Å². The van der Waals surface area contributed by atoms with Gasteiger partial charge >= 0.3 is 0 Å². The van der Waals surface area contributed by atoms with Gasteiger partial charge in [-0.1, -0.05) is 30.3 Å². The molecule has 21 heavy (non-hydrogen) atoms. The minimum absolute atomic E-state index is 0.117. The molecular weight excluding hydrogens is 265 g/mol. The minimum Gasteiger partial charge on any atom is -0.497 e. The Morgan fingerprint density at radius 1 is 1.05 bits per heavy atom. The van der Waals surface area contributed by atoms with E-state index in [1.54, 1.807) is 13.2 Å². The second kappa shape index (κ2) is 7.79. The summed E-state index contributed by atoms with van der Waals surface area (Å²) in [7, 11) is 3.60. The molecule has 2 aromatic carbocycles. The third-order valence-corrected chi connectivity index (χ3v) is 3.64. The van der Waals surface area contributed by atoms with E-state index in [1.165, 1.54) is 11.6 Å². The second-order valence-corrected chi connectivity index (χ2v) is 5.27. The number of ether oxygens (including phenoxy) is 1. The molecule has 0 saturated heterocycles. The molecule has 0 saturated carbocycles. The number of halogens is 1. The van der Waals surface area contributed by atoms with Gasteiger partial charge in [-0.2, -0.15) is 0 Å². The molecule has 0 aliphatic rings. The van der Waals surface area contributed by atoms with Crippen LogP contribution in [0.2, 0.25) is 0 Å². The van der Waals surface area contributed by atoms with E-state index in [4.69, 9.17) is 4.74 Å². The van der Waals surface area contributed by atoms with Gasteiger partial charge in [0.05, 0.1) is 7.11 Å². The van der Waals surface area contributed by atoms with Gasteiger partial charge in [0.25, 0.3) is 0 Å². The Labute approximate surface area is 126 Å². The first-order chi connectivity index (χ1) is 10.2. The van der Waals surface area contributed by atoms with Gasteiger partial charge in [0.1, 0.15) is 11.6 Å². The number of rotatable bonds is 7. The average molecular weight is 287 g/mol. The molecule has 112 valence electrons. The molecular formula is C18H22FNO. The average Bonchev–Trinajstić information content (AvgIpc) is 2.50. The first-order valence-electron chi connectivity index (χ1n) is 7.24. The van der Waals surface area contributed by atoms with Crippen LogP contribution < -0.4 is 10.1 Å². The monoisotopic (exact) mass is 287 g/mol. The molecule has 1 N–H and O–H groups in total. The molecule has 0 heterocycles. The van der Waals surface area contributed by atoms with Crippen LogP contribution in [0.4, 0.5) is 4.39 Å². The van der Waals surface area contributed by atoms with Gasteiger partial charge in [0, 0.05) is 0 Å². The summed E-state index contributed by atoms with van der Waals surface area (Å²) in [5.41, 5.74) is 2.03.